The Bertz CT molecular complexity index is 1260. The summed E-state index contributed by atoms with van der Waals surface area (Å²) in [6.45, 7) is 7.99. The Hall–Kier alpha value is -1.72. The van der Waals surface area contributed by atoms with Crippen LogP contribution in [-0.2, 0) is 33.3 Å². The van der Waals surface area contributed by atoms with Crippen molar-refractivity contribution < 1.29 is 69.0 Å². The maximum Gasteiger partial charge on any atom is 0.306 e. The third-order valence-corrected chi connectivity index (χ3v) is 12.9. The van der Waals surface area contributed by atoms with Crippen molar-refractivity contribution in [2.75, 3.05) is 19.8 Å². The number of aliphatic hydroxyl groups is 6. The molecule has 0 radical (unpaired) electrons. The highest BCUT2D eigenvalue weighted by molar-refractivity contribution is 5.71. The molecule has 6 fully saturated rings. The van der Waals surface area contributed by atoms with E-state index in [2.05, 4.69) is 13.5 Å². The smallest absolute Gasteiger partial charge is 0.306 e. The first-order valence-electron chi connectivity index (χ1n) is 17.8. The molecule has 0 unspecified atom stereocenters. The Labute approximate surface area is 286 Å². The van der Waals surface area contributed by atoms with E-state index in [-0.39, 0.29) is 41.9 Å². The molecule has 0 aromatic rings. The molecular formula is C35H54O14. The molecule has 14 heteroatoms. The fourth-order valence-electron chi connectivity index (χ4n) is 10.6. The topological polar surface area (TPSA) is 222 Å². The Balaban J connectivity index is 1.30. The Morgan fingerprint density at radius 3 is 2.41 bits per heavy atom. The summed E-state index contributed by atoms with van der Waals surface area (Å²) in [5, 5.41) is 74.4. The van der Waals surface area contributed by atoms with E-state index in [1.54, 1.807) is 0 Å². The number of ether oxygens (including phenoxy) is 5. The number of aliphatic hydroxyl groups excluding tert-OH is 5. The van der Waals surface area contributed by atoms with E-state index in [1.165, 1.54) is 0 Å². The summed E-state index contributed by atoms with van der Waals surface area (Å²) in [5.41, 5.74) is -2.07. The van der Waals surface area contributed by atoms with Gasteiger partial charge in [-0.2, -0.15) is 0 Å². The summed E-state index contributed by atoms with van der Waals surface area (Å²) >= 11 is 0. The highest BCUT2D eigenvalue weighted by Crippen LogP contribution is 2.70. The molecule has 2 bridgehead atoms. The number of esters is 1. The number of carboxylic acids is 1. The maximum absolute atomic E-state index is 13.1. The number of rotatable bonds is 10. The molecule has 2 saturated heterocycles. The van der Waals surface area contributed by atoms with Crippen molar-refractivity contribution in [2.24, 2.45) is 40.4 Å². The quantitative estimate of drug-likeness (QED) is 0.0937. The summed E-state index contributed by atoms with van der Waals surface area (Å²) in [4.78, 5) is 25.9. The largest absolute Gasteiger partial charge is 0.481 e. The van der Waals surface area contributed by atoms with Crippen LogP contribution in [0.25, 0.3) is 0 Å². The lowest BCUT2D eigenvalue weighted by Gasteiger charge is -2.62. The molecule has 6 rings (SSSR count). The summed E-state index contributed by atoms with van der Waals surface area (Å²) in [6.07, 6.45) is -7.38. The van der Waals surface area contributed by atoms with E-state index in [1.807, 2.05) is 13.8 Å². The second kappa shape index (κ2) is 13.7. The summed E-state index contributed by atoms with van der Waals surface area (Å²) in [7, 11) is 0. The number of aliphatic carboxylic acids is 1. The van der Waals surface area contributed by atoms with Crippen LogP contribution in [0.1, 0.15) is 72.1 Å². The van der Waals surface area contributed by atoms with Crippen LogP contribution >= 0.6 is 0 Å². The normalized spacial score (nSPS) is 49.4. The average molecular weight is 699 g/mol. The van der Waals surface area contributed by atoms with E-state index >= 15 is 0 Å². The van der Waals surface area contributed by atoms with Crippen molar-refractivity contribution in [3.63, 3.8) is 0 Å². The molecule has 16 atom stereocenters. The van der Waals surface area contributed by atoms with Crippen LogP contribution in [0.3, 0.4) is 0 Å². The Morgan fingerprint density at radius 1 is 1.04 bits per heavy atom. The minimum Gasteiger partial charge on any atom is -0.481 e. The second-order valence-corrected chi connectivity index (χ2v) is 16.3. The zero-order chi connectivity index (χ0) is 35.6. The third-order valence-electron chi connectivity index (χ3n) is 12.9. The molecule has 2 heterocycles. The van der Waals surface area contributed by atoms with Gasteiger partial charge in [-0.15, -0.1) is 0 Å². The van der Waals surface area contributed by atoms with Gasteiger partial charge in [-0.3, -0.25) is 9.59 Å². The molecule has 4 saturated carbocycles. The van der Waals surface area contributed by atoms with Crippen LogP contribution in [0.2, 0.25) is 0 Å². The molecule has 2 aliphatic heterocycles. The van der Waals surface area contributed by atoms with Crippen LogP contribution in [-0.4, -0.2) is 128 Å². The zero-order valence-electron chi connectivity index (χ0n) is 28.6. The number of fused-ring (bicyclic) bond motifs is 3. The lowest BCUT2D eigenvalue weighted by molar-refractivity contribution is -0.343. The summed E-state index contributed by atoms with van der Waals surface area (Å²) < 4.78 is 29.8. The van der Waals surface area contributed by atoms with Crippen molar-refractivity contribution in [1.29, 1.82) is 0 Å². The first-order valence-corrected chi connectivity index (χ1v) is 17.8. The van der Waals surface area contributed by atoms with Gasteiger partial charge in [-0.05, 0) is 79.6 Å². The lowest BCUT2D eigenvalue weighted by Crippen LogP contribution is -2.64. The molecule has 0 aromatic heterocycles. The number of hydrogen-bond acceptors (Lipinski definition) is 13. The highest BCUT2D eigenvalue weighted by atomic mass is 16.7. The Morgan fingerprint density at radius 2 is 1.78 bits per heavy atom. The fraction of sp³-hybridized carbons (Fsp3) is 0.886. The second-order valence-electron chi connectivity index (χ2n) is 16.3. The summed E-state index contributed by atoms with van der Waals surface area (Å²) in [6, 6.07) is 0. The van der Waals surface area contributed by atoms with Crippen LogP contribution < -0.4 is 0 Å². The molecule has 1 spiro atoms. The third kappa shape index (κ3) is 6.27. The van der Waals surface area contributed by atoms with Gasteiger partial charge in [0.2, 0.25) is 0 Å². The molecule has 0 aromatic carbocycles. The minimum absolute atomic E-state index is 0.00488. The van der Waals surface area contributed by atoms with Crippen LogP contribution in [0.4, 0.5) is 0 Å². The van der Waals surface area contributed by atoms with Crippen LogP contribution in [0.15, 0.2) is 12.2 Å². The maximum atomic E-state index is 13.1. The average Bonchev–Trinajstić information content (AvgIpc) is 3.42. The Kier molecular flexibility index (Phi) is 10.3. The van der Waals surface area contributed by atoms with Crippen LogP contribution in [0, 0.1) is 40.4 Å². The molecule has 4 aliphatic carbocycles. The number of carbonyl (C=O) groups is 2. The van der Waals surface area contributed by atoms with Crippen molar-refractivity contribution in [2.45, 2.75) is 133 Å². The fourth-order valence-corrected chi connectivity index (χ4v) is 10.6. The number of carboxylic acid groups (broad SMARTS) is 1. The van der Waals surface area contributed by atoms with Crippen LogP contribution in [0.5, 0.6) is 0 Å². The van der Waals surface area contributed by atoms with Gasteiger partial charge in [0.15, 0.2) is 18.7 Å². The van der Waals surface area contributed by atoms with Gasteiger partial charge in [-0.1, -0.05) is 27.4 Å². The van der Waals surface area contributed by atoms with Crippen molar-refractivity contribution in [1.82, 2.24) is 0 Å². The molecule has 278 valence electrons. The predicted molar refractivity (Wildman–Crippen MR) is 168 cm³/mol. The molecule has 49 heavy (non-hydrogen) atoms. The van der Waals surface area contributed by atoms with E-state index in [0.717, 1.165) is 31.3 Å². The summed E-state index contributed by atoms with van der Waals surface area (Å²) in [5.74, 6) is -2.31. The van der Waals surface area contributed by atoms with Crippen molar-refractivity contribution in [3.05, 3.63) is 12.2 Å². The first kappa shape index (κ1) is 37.1. The molecule has 6 aliphatic rings. The van der Waals surface area contributed by atoms with Gasteiger partial charge in [0, 0.05) is 11.8 Å². The van der Waals surface area contributed by atoms with Gasteiger partial charge < -0.3 is 59.4 Å². The van der Waals surface area contributed by atoms with Gasteiger partial charge in [0.25, 0.3) is 0 Å². The molecule has 7 N–H and O–H groups in total. The zero-order valence-corrected chi connectivity index (χ0v) is 28.6. The standard InChI is InChI=1S/C35H54O14/c1-16(2)9-24(38)48-27-26(49-32-29(41)35(44,14-37)15-45-32)25(39)22(13-36)47-31(27)46-19-10-20(30(42)43)21-7-8-34-11-18(17(3)28(34)40)5-6-23(34)33(21,4)12-19/h16,18-23,25-29,31-32,36-37,39-41,44H,3,5-15H2,1-2,4H3,(H,42,43)/t18-,19-,20+,21-,22-,23+,25-,26+,27-,28+,29+,31-,32+,33-,34-,35-/m1/s1. The highest BCUT2D eigenvalue weighted by Gasteiger charge is 2.67. The van der Waals surface area contributed by atoms with Crippen molar-refractivity contribution >= 4 is 11.9 Å². The van der Waals surface area contributed by atoms with E-state index in [4.69, 9.17) is 23.7 Å². The predicted octanol–water partition coefficient (Wildman–Crippen LogP) is 0.478. The van der Waals surface area contributed by atoms with Gasteiger partial charge >= 0.3 is 11.9 Å². The molecule has 14 nitrogen and oxygen atoms in total. The number of carbonyl (C=O) groups excluding carboxylic acids is 1. The van der Waals surface area contributed by atoms with Crippen molar-refractivity contribution in [3.8, 4) is 0 Å². The molecular weight excluding hydrogens is 644 g/mol. The van der Waals surface area contributed by atoms with E-state index in [0.29, 0.717) is 12.8 Å². The molecule has 0 amide bonds. The van der Waals surface area contributed by atoms with E-state index in [9.17, 15) is 45.3 Å². The SMILES string of the molecule is C=C1[C@@H]2CC[C@H]3[C@]4(C)C[C@H](O[C@@H]5O[C@H](CO)[C@@H](O)[C@H](O[C@@H]6OC[C@](O)(CO)[C@H]6O)[C@H]5OC(=O)CC(C)C)C[C@H](C(=O)O)[C@H]4CC[C@]3(C2)[C@H]1O. The van der Waals surface area contributed by atoms with Gasteiger partial charge in [-0.25, -0.2) is 0 Å². The first-order chi connectivity index (χ1) is 23.1. The monoisotopic (exact) mass is 698 g/mol. The van der Waals surface area contributed by atoms with E-state index < -0.39 is 104 Å². The number of hydrogen-bond donors (Lipinski definition) is 7. The lowest BCUT2D eigenvalue weighted by atomic mass is 9.43. The van der Waals surface area contributed by atoms with Gasteiger partial charge in [0.05, 0.1) is 37.9 Å². The minimum atomic E-state index is -2.04. The van der Waals surface area contributed by atoms with Gasteiger partial charge in [0.1, 0.15) is 30.0 Å².